The zero-order valence-corrected chi connectivity index (χ0v) is 14.4. The molecule has 9 heteroatoms. The average Bonchev–Trinajstić information content (AvgIpc) is 2.54. The fourth-order valence-corrected chi connectivity index (χ4v) is 2.73. The van der Waals surface area contributed by atoms with Gasteiger partial charge in [-0.25, -0.2) is 8.42 Å². The maximum Gasteiger partial charge on any atom is 0.293 e. The molecule has 0 heterocycles. The number of hydrogen-bond donors (Lipinski definition) is 2. The van der Waals surface area contributed by atoms with Crippen molar-refractivity contribution in [3.63, 3.8) is 0 Å². The number of anilines is 2. The van der Waals surface area contributed by atoms with Gasteiger partial charge in [0.1, 0.15) is 11.7 Å². The predicted octanol–water partition coefficient (Wildman–Crippen LogP) is 2.44. The zero-order chi connectivity index (χ0) is 18.6. The number of para-hydroxylation sites is 1. The Balaban J connectivity index is 2.21. The van der Waals surface area contributed by atoms with Gasteiger partial charge in [-0.05, 0) is 31.2 Å². The molecule has 132 valence electrons. The number of hydrogen-bond acceptors (Lipinski definition) is 6. The Hall–Kier alpha value is -2.94. The first kappa shape index (κ1) is 18.4. The number of nitro benzene ring substituents is 1. The predicted molar refractivity (Wildman–Crippen MR) is 94.4 cm³/mol. The molecule has 2 aromatic carbocycles. The van der Waals surface area contributed by atoms with Gasteiger partial charge in [0, 0.05) is 18.0 Å². The van der Waals surface area contributed by atoms with E-state index in [0.717, 1.165) is 12.3 Å². The highest BCUT2D eigenvalue weighted by Gasteiger charge is 2.22. The molecule has 2 aromatic rings. The number of benzene rings is 2. The molecule has 0 fully saturated rings. The first-order valence-corrected chi connectivity index (χ1v) is 9.18. The van der Waals surface area contributed by atoms with Crippen LogP contribution in [-0.4, -0.2) is 31.5 Å². The standard InChI is InChI=1S/C16H17N3O5S/c1-11(16(20)18-12-6-4-3-5-7-12)17-14-9-8-13(25(2,23)24)10-15(14)19(21)22/h3-11,17H,1-2H3,(H,18,20). The molecule has 0 aliphatic heterocycles. The van der Waals surface area contributed by atoms with E-state index in [4.69, 9.17) is 0 Å². The highest BCUT2D eigenvalue weighted by Crippen LogP contribution is 2.28. The molecule has 1 atom stereocenters. The number of carbonyl (C=O) groups is 1. The van der Waals surface area contributed by atoms with Crippen molar-refractivity contribution in [1.29, 1.82) is 0 Å². The average molecular weight is 363 g/mol. The summed E-state index contributed by atoms with van der Waals surface area (Å²) in [5.41, 5.74) is 0.249. The number of nitrogens with zero attached hydrogens (tertiary/aromatic N) is 1. The van der Waals surface area contributed by atoms with Gasteiger partial charge in [-0.2, -0.15) is 0 Å². The van der Waals surface area contributed by atoms with Crippen LogP contribution < -0.4 is 10.6 Å². The van der Waals surface area contributed by atoms with Crippen LogP contribution in [0.15, 0.2) is 53.4 Å². The van der Waals surface area contributed by atoms with E-state index in [2.05, 4.69) is 10.6 Å². The van der Waals surface area contributed by atoms with E-state index in [1.807, 2.05) is 6.07 Å². The van der Waals surface area contributed by atoms with E-state index in [-0.39, 0.29) is 16.5 Å². The molecule has 1 amide bonds. The molecule has 0 saturated heterocycles. The van der Waals surface area contributed by atoms with E-state index in [1.165, 1.54) is 12.1 Å². The van der Waals surface area contributed by atoms with Gasteiger partial charge in [0.25, 0.3) is 5.69 Å². The summed E-state index contributed by atoms with van der Waals surface area (Å²) in [6.07, 6.45) is 0.967. The Labute approximate surface area is 144 Å². The molecule has 0 saturated carbocycles. The number of carbonyl (C=O) groups excluding carboxylic acids is 1. The first-order valence-electron chi connectivity index (χ1n) is 7.29. The van der Waals surface area contributed by atoms with Crippen molar-refractivity contribution in [2.45, 2.75) is 17.9 Å². The van der Waals surface area contributed by atoms with Crippen LogP contribution in [0.4, 0.5) is 17.1 Å². The molecule has 25 heavy (non-hydrogen) atoms. The lowest BCUT2D eigenvalue weighted by Crippen LogP contribution is -2.32. The van der Waals surface area contributed by atoms with Crippen LogP contribution in [0.3, 0.4) is 0 Å². The molecule has 0 aliphatic carbocycles. The molecule has 2 N–H and O–H groups in total. The van der Waals surface area contributed by atoms with Crippen LogP contribution in [0, 0.1) is 10.1 Å². The van der Waals surface area contributed by atoms with E-state index in [1.54, 1.807) is 31.2 Å². The van der Waals surface area contributed by atoms with Crippen molar-refractivity contribution in [2.24, 2.45) is 0 Å². The molecule has 0 bridgehead atoms. The fourth-order valence-electron chi connectivity index (χ4n) is 2.09. The van der Waals surface area contributed by atoms with Crippen LogP contribution in [0.25, 0.3) is 0 Å². The maximum atomic E-state index is 12.2. The number of sulfone groups is 1. The summed E-state index contributed by atoms with van der Waals surface area (Å²) in [5, 5.41) is 16.6. The maximum absolute atomic E-state index is 12.2. The topological polar surface area (TPSA) is 118 Å². The van der Waals surface area contributed by atoms with Gasteiger partial charge in [-0.15, -0.1) is 0 Å². The minimum atomic E-state index is -3.57. The van der Waals surface area contributed by atoms with E-state index in [9.17, 15) is 23.3 Å². The second kappa shape index (κ2) is 7.31. The van der Waals surface area contributed by atoms with Crippen molar-refractivity contribution in [2.75, 3.05) is 16.9 Å². The Bertz CT molecular complexity index is 897. The van der Waals surface area contributed by atoms with Gasteiger partial charge in [0.05, 0.1) is 9.82 Å². The van der Waals surface area contributed by atoms with Gasteiger partial charge in [0.15, 0.2) is 9.84 Å². The Morgan fingerprint density at radius 3 is 2.36 bits per heavy atom. The number of amides is 1. The number of rotatable bonds is 6. The SMILES string of the molecule is CC(Nc1ccc(S(C)(=O)=O)cc1[N+](=O)[O-])C(=O)Nc1ccccc1. The molecule has 2 rings (SSSR count). The monoisotopic (exact) mass is 363 g/mol. The third-order valence-corrected chi connectivity index (χ3v) is 4.51. The Kier molecular flexibility index (Phi) is 5.38. The first-order chi connectivity index (χ1) is 11.7. The molecule has 0 aliphatic rings. The largest absolute Gasteiger partial charge is 0.368 e. The lowest BCUT2D eigenvalue weighted by Gasteiger charge is -2.15. The minimum absolute atomic E-state index is 0.0631. The molecular weight excluding hydrogens is 346 g/mol. The van der Waals surface area contributed by atoms with E-state index >= 15 is 0 Å². The smallest absolute Gasteiger partial charge is 0.293 e. The van der Waals surface area contributed by atoms with Crippen LogP contribution in [0.2, 0.25) is 0 Å². The molecule has 0 aromatic heterocycles. The van der Waals surface area contributed by atoms with Crippen LogP contribution in [-0.2, 0) is 14.6 Å². The van der Waals surface area contributed by atoms with Gasteiger partial charge in [-0.3, -0.25) is 14.9 Å². The van der Waals surface area contributed by atoms with Gasteiger partial charge < -0.3 is 10.6 Å². The fraction of sp³-hybridized carbons (Fsp3) is 0.188. The van der Waals surface area contributed by atoms with Gasteiger partial charge >= 0.3 is 0 Å². The molecule has 8 nitrogen and oxygen atoms in total. The Morgan fingerprint density at radius 1 is 1.16 bits per heavy atom. The van der Waals surface area contributed by atoms with Crippen molar-refractivity contribution >= 4 is 32.8 Å². The summed E-state index contributed by atoms with van der Waals surface area (Å²) in [7, 11) is -3.57. The summed E-state index contributed by atoms with van der Waals surface area (Å²) in [6, 6.07) is 11.5. The van der Waals surface area contributed by atoms with Crippen molar-refractivity contribution in [3.8, 4) is 0 Å². The summed E-state index contributed by atoms with van der Waals surface area (Å²) in [4.78, 5) is 22.5. The molecule has 0 radical (unpaired) electrons. The molecular formula is C16H17N3O5S. The second-order valence-corrected chi connectivity index (χ2v) is 7.45. The summed E-state index contributed by atoms with van der Waals surface area (Å²) >= 11 is 0. The quantitative estimate of drug-likeness (QED) is 0.601. The number of nitrogens with one attached hydrogen (secondary N) is 2. The number of nitro groups is 1. The van der Waals surface area contributed by atoms with E-state index in [0.29, 0.717) is 5.69 Å². The Morgan fingerprint density at radius 2 is 1.80 bits per heavy atom. The minimum Gasteiger partial charge on any atom is -0.368 e. The molecule has 0 spiro atoms. The molecule has 1 unspecified atom stereocenters. The summed E-state index contributed by atoms with van der Waals surface area (Å²) in [6.45, 7) is 1.55. The van der Waals surface area contributed by atoms with Gasteiger partial charge in [-0.1, -0.05) is 18.2 Å². The van der Waals surface area contributed by atoms with Crippen molar-refractivity contribution in [3.05, 3.63) is 58.6 Å². The van der Waals surface area contributed by atoms with E-state index < -0.39 is 26.5 Å². The summed E-state index contributed by atoms with van der Waals surface area (Å²) in [5.74, 6) is -0.382. The van der Waals surface area contributed by atoms with Crippen LogP contribution >= 0.6 is 0 Å². The van der Waals surface area contributed by atoms with Gasteiger partial charge in [0.2, 0.25) is 5.91 Å². The van der Waals surface area contributed by atoms with Crippen molar-refractivity contribution in [1.82, 2.24) is 0 Å². The van der Waals surface area contributed by atoms with Crippen LogP contribution in [0.5, 0.6) is 0 Å². The zero-order valence-electron chi connectivity index (χ0n) is 13.6. The highest BCUT2D eigenvalue weighted by atomic mass is 32.2. The third kappa shape index (κ3) is 4.77. The normalized spacial score (nSPS) is 12.2. The third-order valence-electron chi connectivity index (χ3n) is 3.40. The summed E-state index contributed by atoms with van der Waals surface area (Å²) < 4.78 is 23.1. The van der Waals surface area contributed by atoms with Crippen molar-refractivity contribution < 1.29 is 18.1 Å². The second-order valence-electron chi connectivity index (χ2n) is 5.43. The lowest BCUT2D eigenvalue weighted by molar-refractivity contribution is -0.384. The highest BCUT2D eigenvalue weighted by molar-refractivity contribution is 7.90. The van der Waals surface area contributed by atoms with Crippen LogP contribution in [0.1, 0.15) is 6.92 Å². The lowest BCUT2D eigenvalue weighted by atomic mass is 10.2.